The predicted octanol–water partition coefficient (Wildman–Crippen LogP) is 3.21. The Hall–Kier alpha value is -2.37. The van der Waals surface area contributed by atoms with Gasteiger partial charge in [0, 0.05) is 18.4 Å². The number of amides is 2. The quantitative estimate of drug-likeness (QED) is 0.831. The Labute approximate surface area is 147 Å². The number of carbonyl (C=O) groups excluding carboxylic acids is 3. The van der Waals surface area contributed by atoms with Crippen molar-refractivity contribution in [3.8, 4) is 5.75 Å². The predicted molar refractivity (Wildman–Crippen MR) is 92.0 cm³/mol. The second-order valence-electron chi connectivity index (χ2n) is 8.38. The van der Waals surface area contributed by atoms with Crippen molar-refractivity contribution in [3.05, 3.63) is 28.8 Å². The highest BCUT2D eigenvalue weighted by molar-refractivity contribution is 6.03. The Morgan fingerprint density at radius 2 is 1.52 bits per heavy atom. The Bertz CT molecular complexity index is 721. The highest BCUT2D eigenvalue weighted by Gasteiger charge is 2.35. The van der Waals surface area contributed by atoms with Crippen LogP contribution in [-0.2, 0) is 25.3 Å². The number of phenols is 1. The number of hydrogen-bond acceptors (Lipinski definition) is 5. The SMILES string of the molecule is CC(C)(C)c1cc(C(=O)ON2C(=O)CCC2=O)c(O)c(C(C)(C)C)c1. The van der Waals surface area contributed by atoms with Gasteiger partial charge in [-0.3, -0.25) is 9.59 Å². The summed E-state index contributed by atoms with van der Waals surface area (Å²) in [6.07, 6.45) is 0.0424. The van der Waals surface area contributed by atoms with Crippen LogP contribution >= 0.6 is 0 Å². The van der Waals surface area contributed by atoms with Gasteiger partial charge in [0.1, 0.15) is 11.3 Å². The molecule has 0 bridgehead atoms. The summed E-state index contributed by atoms with van der Waals surface area (Å²) in [5.74, 6) is -2.22. The zero-order valence-electron chi connectivity index (χ0n) is 15.6. The van der Waals surface area contributed by atoms with Crippen molar-refractivity contribution in [2.45, 2.75) is 65.2 Å². The first kappa shape index (κ1) is 19.0. The molecule has 2 rings (SSSR count). The van der Waals surface area contributed by atoms with Gasteiger partial charge in [0.25, 0.3) is 11.8 Å². The van der Waals surface area contributed by atoms with E-state index in [1.54, 1.807) is 6.07 Å². The first-order valence-corrected chi connectivity index (χ1v) is 8.28. The van der Waals surface area contributed by atoms with Crippen LogP contribution in [0.15, 0.2) is 12.1 Å². The lowest BCUT2D eigenvalue weighted by Crippen LogP contribution is -2.32. The molecule has 0 aromatic heterocycles. The number of phenolic OH excluding ortho intramolecular Hbond substituents is 1. The van der Waals surface area contributed by atoms with E-state index in [1.807, 2.05) is 47.6 Å². The van der Waals surface area contributed by atoms with Crippen LogP contribution in [0.3, 0.4) is 0 Å². The van der Waals surface area contributed by atoms with Crippen LogP contribution in [0.4, 0.5) is 0 Å². The van der Waals surface area contributed by atoms with E-state index in [-0.39, 0.29) is 29.6 Å². The summed E-state index contributed by atoms with van der Waals surface area (Å²) in [4.78, 5) is 40.8. The van der Waals surface area contributed by atoms with Crippen molar-refractivity contribution in [3.63, 3.8) is 0 Å². The van der Waals surface area contributed by atoms with Crippen LogP contribution in [0.25, 0.3) is 0 Å². The zero-order chi connectivity index (χ0) is 19.2. The minimum Gasteiger partial charge on any atom is -0.507 e. The van der Waals surface area contributed by atoms with Crippen molar-refractivity contribution in [1.82, 2.24) is 5.06 Å². The van der Waals surface area contributed by atoms with E-state index in [1.165, 1.54) is 0 Å². The molecule has 0 radical (unpaired) electrons. The number of rotatable bonds is 2. The monoisotopic (exact) mass is 347 g/mol. The van der Waals surface area contributed by atoms with Gasteiger partial charge in [0.05, 0.1) is 0 Å². The summed E-state index contributed by atoms with van der Waals surface area (Å²) in [7, 11) is 0. The van der Waals surface area contributed by atoms with Crippen LogP contribution < -0.4 is 0 Å². The van der Waals surface area contributed by atoms with Crippen LogP contribution in [-0.4, -0.2) is 28.0 Å². The summed E-state index contributed by atoms with van der Waals surface area (Å²) in [6, 6.07) is 3.43. The van der Waals surface area contributed by atoms with Crippen LogP contribution in [0, 0.1) is 0 Å². The maximum Gasteiger partial charge on any atom is 0.367 e. The standard InChI is InChI=1S/C19H25NO5/c1-18(2,3)11-9-12(16(23)13(10-11)19(4,5)6)17(24)25-20-14(21)7-8-15(20)22/h9-10,23H,7-8H2,1-6H3. The molecule has 0 aliphatic carbocycles. The molecule has 1 aromatic rings. The number of nitrogens with zero attached hydrogens (tertiary/aromatic N) is 1. The summed E-state index contributed by atoms with van der Waals surface area (Å²) in [6.45, 7) is 11.8. The van der Waals surface area contributed by atoms with Gasteiger partial charge < -0.3 is 9.94 Å². The molecule has 1 saturated heterocycles. The third-order valence-corrected chi connectivity index (χ3v) is 4.18. The highest BCUT2D eigenvalue weighted by atomic mass is 16.7. The largest absolute Gasteiger partial charge is 0.507 e. The van der Waals surface area contributed by atoms with Crippen molar-refractivity contribution >= 4 is 17.8 Å². The first-order valence-electron chi connectivity index (χ1n) is 8.28. The Morgan fingerprint density at radius 1 is 1.00 bits per heavy atom. The summed E-state index contributed by atoms with van der Waals surface area (Å²) >= 11 is 0. The van der Waals surface area contributed by atoms with Gasteiger partial charge in [-0.2, -0.15) is 0 Å². The molecule has 1 aromatic carbocycles. The average molecular weight is 347 g/mol. The third kappa shape index (κ3) is 3.83. The lowest BCUT2D eigenvalue weighted by molar-refractivity contribution is -0.172. The Kier molecular flexibility index (Phi) is 4.68. The van der Waals surface area contributed by atoms with Crippen molar-refractivity contribution in [2.24, 2.45) is 0 Å². The fourth-order valence-electron chi connectivity index (χ4n) is 2.58. The molecule has 1 N–H and O–H groups in total. The third-order valence-electron chi connectivity index (χ3n) is 4.18. The van der Waals surface area contributed by atoms with E-state index in [0.29, 0.717) is 10.6 Å². The van der Waals surface area contributed by atoms with E-state index in [4.69, 9.17) is 4.84 Å². The highest BCUT2D eigenvalue weighted by Crippen LogP contribution is 2.38. The van der Waals surface area contributed by atoms with Gasteiger partial charge in [0.2, 0.25) is 0 Å². The molecule has 25 heavy (non-hydrogen) atoms. The fourth-order valence-corrected chi connectivity index (χ4v) is 2.58. The van der Waals surface area contributed by atoms with Crippen molar-refractivity contribution in [2.75, 3.05) is 0 Å². The molecule has 0 saturated carbocycles. The minimum absolute atomic E-state index is 0.0212. The second-order valence-corrected chi connectivity index (χ2v) is 8.38. The normalized spacial score (nSPS) is 15.7. The maximum atomic E-state index is 12.5. The van der Waals surface area contributed by atoms with Crippen molar-refractivity contribution < 1.29 is 24.3 Å². The lowest BCUT2D eigenvalue weighted by atomic mass is 9.79. The summed E-state index contributed by atoms with van der Waals surface area (Å²) in [5, 5.41) is 11.1. The molecule has 0 unspecified atom stereocenters. The average Bonchev–Trinajstić information content (AvgIpc) is 2.76. The fraction of sp³-hybridized carbons (Fsp3) is 0.526. The number of benzene rings is 1. The Morgan fingerprint density at radius 3 is 1.96 bits per heavy atom. The smallest absolute Gasteiger partial charge is 0.367 e. The molecule has 1 aliphatic rings. The summed E-state index contributed by atoms with van der Waals surface area (Å²) in [5.41, 5.74) is 0.735. The van der Waals surface area contributed by atoms with Crippen LogP contribution in [0.2, 0.25) is 0 Å². The first-order chi connectivity index (χ1) is 11.3. The van der Waals surface area contributed by atoms with E-state index in [0.717, 1.165) is 5.56 Å². The van der Waals surface area contributed by atoms with Crippen molar-refractivity contribution in [1.29, 1.82) is 0 Å². The number of imide groups is 1. The topological polar surface area (TPSA) is 83.9 Å². The van der Waals surface area contributed by atoms with Gasteiger partial charge in [-0.05, 0) is 22.5 Å². The van der Waals surface area contributed by atoms with Gasteiger partial charge in [0.15, 0.2) is 0 Å². The second kappa shape index (κ2) is 6.17. The van der Waals surface area contributed by atoms with Gasteiger partial charge in [-0.1, -0.05) is 47.6 Å². The Balaban J connectivity index is 2.50. The van der Waals surface area contributed by atoms with Crippen LogP contribution in [0.5, 0.6) is 5.75 Å². The van der Waals surface area contributed by atoms with E-state index in [2.05, 4.69) is 0 Å². The number of hydrogen-bond donors (Lipinski definition) is 1. The molecule has 2 amide bonds. The van der Waals surface area contributed by atoms with Gasteiger partial charge in [-0.25, -0.2) is 4.79 Å². The molecule has 1 aliphatic heterocycles. The van der Waals surface area contributed by atoms with E-state index in [9.17, 15) is 19.5 Å². The molecule has 0 atom stereocenters. The molecule has 0 spiro atoms. The molecule has 1 heterocycles. The number of carbonyl (C=O) groups is 3. The molecule has 1 fully saturated rings. The maximum absolute atomic E-state index is 12.5. The molecular weight excluding hydrogens is 322 g/mol. The molecule has 136 valence electrons. The van der Waals surface area contributed by atoms with Gasteiger partial charge >= 0.3 is 5.97 Å². The molecule has 6 nitrogen and oxygen atoms in total. The zero-order valence-corrected chi connectivity index (χ0v) is 15.6. The minimum atomic E-state index is -0.919. The lowest BCUT2D eigenvalue weighted by Gasteiger charge is -2.27. The molecular formula is C19H25NO5. The van der Waals surface area contributed by atoms with E-state index < -0.39 is 23.2 Å². The van der Waals surface area contributed by atoms with Crippen LogP contribution in [0.1, 0.15) is 75.9 Å². The number of hydroxylamine groups is 2. The summed E-state index contributed by atoms with van der Waals surface area (Å²) < 4.78 is 0. The van der Waals surface area contributed by atoms with Gasteiger partial charge in [-0.15, -0.1) is 5.06 Å². The number of aromatic hydroxyl groups is 1. The van der Waals surface area contributed by atoms with E-state index >= 15 is 0 Å². The molecule has 6 heteroatoms.